The summed E-state index contributed by atoms with van der Waals surface area (Å²) >= 11 is 1.36. The minimum Gasteiger partial charge on any atom is -0.399 e. The minimum atomic E-state index is -0.155. The van der Waals surface area contributed by atoms with Crippen LogP contribution in [-0.4, -0.2) is 33.2 Å². The summed E-state index contributed by atoms with van der Waals surface area (Å²) in [6.07, 6.45) is 2.19. The quantitative estimate of drug-likeness (QED) is 0.818. The second kappa shape index (κ2) is 5.12. The molecular formula is C12H14N6OS. The number of nitrogen functional groups attached to an aromatic ring is 1. The van der Waals surface area contributed by atoms with Crippen molar-refractivity contribution in [1.29, 1.82) is 0 Å². The van der Waals surface area contributed by atoms with Gasteiger partial charge in [-0.05, 0) is 53.2 Å². The summed E-state index contributed by atoms with van der Waals surface area (Å²) in [5, 5.41) is 15.0. The van der Waals surface area contributed by atoms with Gasteiger partial charge in [0.05, 0.1) is 11.6 Å². The maximum absolute atomic E-state index is 11.9. The molecule has 1 heterocycles. The molecular weight excluding hydrogens is 276 g/mol. The number of rotatable bonds is 4. The molecule has 0 unspecified atom stereocenters. The van der Waals surface area contributed by atoms with E-state index in [2.05, 4.69) is 20.8 Å². The van der Waals surface area contributed by atoms with Crippen LogP contribution in [0.3, 0.4) is 0 Å². The number of benzene rings is 1. The highest BCUT2D eigenvalue weighted by Gasteiger charge is 2.28. The number of nitrogens with two attached hydrogens (primary N) is 1. The van der Waals surface area contributed by atoms with E-state index in [9.17, 15) is 4.79 Å². The van der Waals surface area contributed by atoms with Crippen LogP contribution in [0.2, 0.25) is 0 Å². The van der Waals surface area contributed by atoms with Crippen molar-refractivity contribution in [2.24, 2.45) is 0 Å². The fraction of sp³-hybridized carbons (Fsp3) is 0.333. The van der Waals surface area contributed by atoms with Crippen molar-refractivity contribution in [3.05, 3.63) is 23.8 Å². The number of nitrogens with one attached hydrogen (secondary N) is 1. The van der Waals surface area contributed by atoms with Gasteiger partial charge in [-0.25, -0.2) is 4.68 Å². The van der Waals surface area contributed by atoms with Crippen LogP contribution < -0.4 is 11.1 Å². The predicted molar refractivity (Wildman–Crippen MR) is 74.5 cm³/mol. The van der Waals surface area contributed by atoms with E-state index >= 15 is 0 Å². The van der Waals surface area contributed by atoms with Crippen molar-refractivity contribution in [2.45, 2.75) is 28.9 Å². The van der Waals surface area contributed by atoms with E-state index in [1.807, 2.05) is 4.68 Å². The Kier molecular flexibility index (Phi) is 3.31. The molecule has 2 aromatic rings. The molecule has 3 N–H and O–H groups in total. The summed E-state index contributed by atoms with van der Waals surface area (Å²) in [4.78, 5) is 12.6. The average molecular weight is 290 g/mol. The predicted octanol–water partition coefficient (Wildman–Crippen LogP) is 1.10. The van der Waals surface area contributed by atoms with Gasteiger partial charge in [-0.15, -0.1) is 5.10 Å². The maximum atomic E-state index is 11.9. The van der Waals surface area contributed by atoms with E-state index in [1.54, 1.807) is 25.2 Å². The number of aromatic nitrogens is 4. The first kappa shape index (κ1) is 12.9. The lowest BCUT2D eigenvalue weighted by Crippen LogP contribution is -2.18. The van der Waals surface area contributed by atoms with Gasteiger partial charge in [-0.3, -0.25) is 4.79 Å². The van der Waals surface area contributed by atoms with Crippen molar-refractivity contribution in [3.8, 4) is 0 Å². The van der Waals surface area contributed by atoms with Gasteiger partial charge in [0.15, 0.2) is 0 Å². The van der Waals surface area contributed by atoms with Crippen LogP contribution >= 0.6 is 11.8 Å². The molecule has 0 radical (unpaired) electrons. The van der Waals surface area contributed by atoms with Crippen molar-refractivity contribution in [2.75, 3.05) is 12.8 Å². The van der Waals surface area contributed by atoms with Gasteiger partial charge in [0.25, 0.3) is 5.91 Å². The monoisotopic (exact) mass is 290 g/mol. The summed E-state index contributed by atoms with van der Waals surface area (Å²) in [5.41, 5.74) is 6.97. The summed E-state index contributed by atoms with van der Waals surface area (Å²) in [6, 6.07) is 5.57. The molecule has 7 nitrogen and oxygen atoms in total. The Morgan fingerprint density at radius 2 is 2.30 bits per heavy atom. The molecule has 1 aliphatic rings. The topological polar surface area (TPSA) is 98.7 Å². The fourth-order valence-electron chi connectivity index (χ4n) is 1.84. The Hall–Kier alpha value is -2.09. The molecule has 1 aliphatic carbocycles. The van der Waals surface area contributed by atoms with Gasteiger partial charge in [-0.1, -0.05) is 0 Å². The minimum absolute atomic E-state index is 0.155. The first-order chi connectivity index (χ1) is 9.69. The second-order valence-corrected chi connectivity index (χ2v) is 5.58. The number of amides is 1. The number of anilines is 1. The molecule has 1 aromatic carbocycles. The van der Waals surface area contributed by atoms with Crippen LogP contribution in [0.25, 0.3) is 0 Å². The molecule has 0 aliphatic heterocycles. The van der Waals surface area contributed by atoms with Gasteiger partial charge >= 0.3 is 0 Å². The number of carbonyl (C=O) groups is 1. The Morgan fingerprint density at radius 1 is 1.50 bits per heavy atom. The SMILES string of the molecule is CNC(=O)c1ccc(N)cc1Sc1nnnn1C1CC1. The molecule has 8 heteroatoms. The van der Waals surface area contributed by atoms with Crippen molar-refractivity contribution < 1.29 is 4.79 Å². The standard InChI is InChI=1S/C12H14N6OS/c1-14-11(19)9-5-2-7(13)6-10(9)20-12-15-16-17-18(12)8-3-4-8/h2,5-6,8H,3-4,13H2,1H3,(H,14,19). The Bertz CT molecular complexity index is 651. The zero-order chi connectivity index (χ0) is 14.1. The second-order valence-electron chi connectivity index (χ2n) is 4.57. The molecule has 0 spiro atoms. The van der Waals surface area contributed by atoms with Crippen LogP contribution in [0.1, 0.15) is 29.2 Å². The molecule has 104 valence electrons. The average Bonchev–Trinajstić information content (AvgIpc) is 3.19. The first-order valence-electron chi connectivity index (χ1n) is 6.26. The summed E-state index contributed by atoms with van der Waals surface area (Å²) in [6.45, 7) is 0. The fourth-order valence-corrected chi connectivity index (χ4v) is 2.86. The molecule has 1 amide bonds. The zero-order valence-electron chi connectivity index (χ0n) is 10.9. The van der Waals surface area contributed by atoms with Crippen LogP contribution in [0.4, 0.5) is 5.69 Å². The molecule has 1 saturated carbocycles. The number of hydrogen-bond donors (Lipinski definition) is 2. The molecule has 1 fully saturated rings. The van der Waals surface area contributed by atoms with E-state index in [1.165, 1.54) is 11.8 Å². The highest BCUT2D eigenvalue weighted by atomic mass is 32.2. The van der Waals surface area contributed by atoms with Gasteiger partial charge in [-0.2, -0.15) is 0 Å². The number of nitrogens with zero attached hydrogens (tertiary/aromatic N) is 4. The van der Waals surface area contributed by atoms with Crippen LogP contribution in [0.5, 0.6) is 0 Å². The van der Waals surface area contributed by atoms with Gasteiger partial charge < -0.3 is 11.1 Å². The van der Waals surface area contributed by atoms with E-state index in [0.717, 1.165) is 17.7 Å². The Labute approximate surface area is 119 Å². The van der Waals surface area contributed by atoms with Crippen molar-refractivity contribution >= 4 is 23.4 Å². The van der Waals surface area contributed by atoms with Crippen molar-refractivity contribution in [1.82, 2.24) is 25.5 Å². The third-order valence-corrected chi connectivity index (χ3v) is 4.04. The molecule has 0 atom stereocenters. The van der Waals surface area contributed by atoms with E-state index in [-0.39, 0.29) is 5.91 Å². The third kappa shape index (κ3) is 2.46. The van der Waals surface area contributed by atoms with Crippen LogP contribution in [-0.2, 0) is 0 Å². The van der Waals surface area contributed by atoms with Crippen LogP contribution in [0, 0.1) is 0 Å². The highest BCUT2D eigenvalue weighted by Crippen LogP contribution is 2.38. The van der Waals surface area contributed by atoms with Crippen LogP contribution in [0.15, 0.2) is 28.3 Å². The number of tetrazole rings is 1. The maximum Gasteiger partial charge on any atom is 0.252 e. The summed E-state index contributed by atoms with van der Waals surface area (Å²) in [5.74, 6) is -0.155. The van der Waals surface area contributed by atoms with Gasteiger partial charge in [0, 0.05) is 17.6 Å². The lowest BCUT2D eigenvalue weighted by molar-refractivity contribution is 0.0960. The largest absolute Gasteiger partial charge is 0.399 e. The molecule has 0 saturated heterocycles. The first-order valence-corrected chi connectivity index (χ1v) is 7.08. The molecule has 0 bridgehead atoms. The molecule has 20 heavy (non-hydrogen) atoms. The van der Waals surface area contributed by atoms with E-state index in [0.29, 0.717) is 22.4 Å². The lowest BCUT2D eigenvalue weighted by atomic mass is 10.2. The smallest absolute Gasteiger partial charge is 0.252 e. The summed E-state index contributed by atoms with van der Waals surface area (Å²) < 4.78 is 1.81. The normalized spacial score (nSPS) is 14.2. The van der Waals surface area contributed by atoms with Gasteiger partial charge in [0.2, 0.25) is 5.16 Å². The zero-order valence-corrected chi connectivity index (χ0v) is 11.7. The molecule has 1 aromatic heterocycles. The number of carbonyl (C=O) groups excluding carboxylic acids is 1. The van der Waals surface area contributed by atoms with Gasteiger partial charge in [0.1, 0.15) is 0 Å². The van der Waals surface area contributed by atoms with E-state index < -0.39 is 0 Å². The van der Waals surface area contributed by atoms with Crippen molar-refractivity contribution in [3.63, 3.8) is 0 Å². The highest BCUT2D eigenvalue weighted by molar-refractivity contribution is 7.99. The summed E-state index contributed by atoms with van der Waals surface area (Å²) in [7, 11) is 1.60. The number of hydrogen-bond acceptors (Lipinski definition) is 6. The Morgan fingerprint density at radius 3 is 3.00 bits per heavy atom. The molecule has 3 rings (SSSR count). The lowest BCUT2D eigenvalue weighted by Gasteiger charge is -2.08. The Balaban J connectivity index is 1.94. The third-order valence-electron chi connectivity index (χ3n) is 3.03. The van der Waals surface area contributed by atoms with E-state index in [4.69, 9.17) is 5.73 Å².